The number of halogens is 1. The quantitative estimate of drug-likeness (QED) is 0.247. The number of nitrogens with zero attached hydrogens (tertiary/aromatic N) is 5. The van der Waals surface area contributed by atoms with Gasteiger partial charge in [0.05, 0.1) is 0 Å². The molecule has 0 radical (unpaired) electrons. The number of nitrogens with one attached hydrogen (secondary N) is 2. The topological polar surface area (TPSA) is 70.4 Å². The van der Waals surface area contributed by atoms with Crippen LogP contribution in [-0.2, 0) is 20.1 Å². The molecule has 0 spiro atoms. The Morgan fingerprint density at radius 1 is 1.19 bits per heavy atom. The number of rotatable bonds is 7. The molecule has 2 bridgehead atoms. The minimum absolute atomic E-state index is 0. The summed E-state index contributed by atoms with van der Waals surface area (Å²) in [5.41, 5.74) is 1.41. The molecule has 4 rings (SSSR count). The number of aromatic nitrogens is 3. The highest BCUT2D eigenvalue weighted by Crippen LogP contribution is 2.36. The van der Waals surface area contributed by atoms with E-state index >= 15 is 0 Å². The van der Waals surface area contributed by atoms with Crippen molar-refractivity contribution in [2.45, 2.75) is 63.8 Å². The molecule has 168 valence electrons. The molecule has 2 N–H and O–H groups in total. The SMILES string of the molecule is C=CCNC(=NCc1nnc(C)n1C)NC1CC2CCC(C1)N2Cc1ccccc1.I. The Hall–Kier alpha value is -1.94. The zero-order valence-corrected chi connectivity index (χ0v) is 20.8. The highest BCUT2D eigenvalue weighted by Gasteiger charge is 2.40. The maximum atomic E-state index is 4.77. The second-order valence-electron chi connectivity index (χ2n) is 8.41. The van der Waals surface area contributed by atoms with E-state index in [4.69, 9.17) is 4.99 Å². The van der Waals surface area contributed by atoms with Gasteiger partial charge in [0.25, 0.3) is 0 Å². The first kappa shape index (κ1) is 23.7. The van der Waals surface area contributed by atoms with E-state index in [0.29, 0.717) is 31.2 Å². The van der Waals surface area contributed by atoms with Crippen molar-refractivity contribution in [2.75, 3.05) is 6.54 Å². The first-order valence-corrected chi connectivity index (χ1v) is 10.9. The molecule has 2 aliphatic heterocycles. The summed E-state index contributed by atoms with van der Waals surface area (Å²) in [6.07, 6.45) is 6.75. The van der Waals surface area contributed by atoms with Crippen molar-refractivity contribution in [3.8, 4) is 0 Å². The van der Waals surface area contributed by atoms with Crippen LogP contribution in [-0.4, -0.2) is 50.3 Å². The van der Waals surface area contributed by atoms with Gasteiger partial charge in [0, 0.05) is 38.3 Å². The fourth-order valence-electron chi connectivity index (χ4n) is 4.70. The third-order valence-corrected chi connectivity index (χ3v) is 6.41. The van der Waals surface area contributed by atoms with Gasteiger partial charge in [-0.2, -0.15) is 0 Å². The molecule has 2 unspecified atom stereocenters. The molecule has 2 aromatic rings. The van der Waals surface area contributed by atoms with E-state index in [2.05, 4.69) is 62.6 Å². The largest absolute Gasteiger partial charge is 0.354 e. The summed E-state index contributed by atoms with van der Waals surface area (Å²) in [4.78, 5) is 7.48. The predicted molar refractivity (Wildman–Crippen MR) is 135 cm³/mol. The van der Waals surface area contributed by atoms with E-state index in [1.807, 2.05) is 24.6 Å². The molecule has 2 aliphatic rings. The lowest BCUT2D eigenvalue weighted by atomic mass is 9.96. The van der Waals surface area contributed by atoms with Gasteiger partial charge < -0.3 is 15.2 Å². The molecule has 8 heteroatoms. The van der Waals surface area contributed by atoms with Crippen LogP contribution in [0.5, 0.6) is 0 Å². The zero-order chi connectivity index (χ0) is 20.9. The molecular formula is C23H34IN7. The molecule has 31 heavy (non-hydrogen) atoms. The first-order chi connectivity index (χ1) is 14.6. The second-order valence-corrected chi connectivity index (χ2v) is 8.41. The summed E-state index contributed by atoms with van der Waals surface area (Å²) < 4.78 is 1.98. The lowest BCUT2D eigenvalue weighted by Crippen LogP contribution is -2.52. The number of piperidine rings is 1. The average Bonchev–Trinajstić information content (AvgIpc) is 3.19. The van der Waals surface area contributed by atoms with E-state index in [9.17, 15) is 0 Å². The zero-order valence-electron chi connectivity index (χ0n) is 18.5. The molecule has 2 fully saturated rings. The highest BCUT2D eigenvalue weighted by molar-refractivity contribution is 14.0. The van der Waals surface area contributed by atoms with Gasteiger partial charge in [-0.15, -0.1) is 40.8 Å². The standard InChI is InChI=1S/C23H33N7.HI/c1-4-12-24-23(25-15-22-28-27-17(2)29(22)3)26-19-13-20-10-11-21(14-19)30(20)16-18-8-6-5-7-9-18;/h4-9,19-21H,1,10-16H2,2-3H3,(H2,24,25,26);1H. The van der Waals surface area contributed by atoms with Crippen molar-refractivity contribution in [1.82, 2.24) is 30.3 Å². The molecule has 0 amide bonds. The minimum Gasteiger partial charge on any atom is -0.354 e. The van der Waals surface area contributed by atoms with Crippen molar-refractivity contribution < 1.29 is 0 Å². The normalized spacial score (nSPS) is 23.3. The van der Waals surface area contributed by atoms with E-state index in [1.54, 1.807) is 0 Å². The Morgan fingerprint density at radius 3 is 2.52 bits per heavy atom. The smallest absolute Gasteiger partial charge is 0.192 e. The van der Waals surface area contributed by atoms with Crippen molar-refractivity contribution >= 4 is 29.9 Å². The van der Waals surface area contributed by atoms with Crippen LogP contribution in [0.2, 0.25) is 0 Å². The molecule has 2 atom stereocenters. The summed E-state index contributed by atoms with van der Waals surface area (Å²) in [5.74, 6) is 2.59. The summed E-state index contributed by atoms with van der Waals surface area (Å²) in [6, 6.07) is 12.6. The van der Waals surface area contributed by atoms with Gasteiger partial charge in [-0.25, -0.2) is 4.99 Å². The maximum Gasteiger partial charge on any atom is 0.192 e. The summed E-state index contributed by atoms with van der Waals surface area (Å²) in [6.45, 7) is 8.02. The van der Waals surface area contributed by atoms with E-state index < -0.39 is 0 Å². The molecule has 1 aromatic carbocycles. The van der Waals surface area contributed by atoms with Crippen LogP contribution >= 0.6 is 24.0 Å². The Morgan fingerprint density at radius 2 is 1.90 bits per heavy atom. The van der Waals surface area contributed by atoms with E-state index in [1.165, 1.54) is 18.4 Å². The van der Waals surface area contributed by atoms with Crippen LogP contribution in [0.15, 0.2) is 48.0 Å². The average molecular weight is 535 g/mol. The lowest BCUT2D eigenvalue weighted by Gasteiger charge is -2.39. The number of guanidine groups is 1. The number of aliphatic imine (C=N–C) groups is 1. The van der Waals surface area contributed by atoms with Crippen molar-refractivity contribution in [3.05, 3.63) is 60.2 Å². The van der Waals surface area contributed by atoms with Crippen LogP contribution in [0, 0.1) is 6.92 Å². The van der Waals surface area contributed by atoms with Gasteiger partial charge in [0.2, 0.25) is 0 Å². The molecule has 7 nitrogen and oxygen atoms in total. The monoisotopic (exact) mass is 535 g/mol. The third-order valence-electron chi connectivity index (χ3n) is 6.41. The number of hydrogen-bond acceptors (Lipinski definition) is 4. The molecule has 2 saturated heterocycles. The van der Waals surface area contributed by atoms with Gasteiger partial charge in [0.15, 0.2) is 11.8 Å². The van der Waals surface area contributed by atoms with Gasteiger partial charge in [-0.1, -0.05) is 36.4 Å². The Balaban J connectivity index is 0.00000272. The van der Waals surface area contributed by atoms with E-state index in [0.717, 1.165) is 37.0 Å². The third kappa shape index (κ3) is 5.85. The van der Waals surface area contributed by atoms with Gasteiger partial charge in [-0.05, 0) is 38.2 Å². The summed E-state index contributed by atoms with van der Waals surface area (Å²) >= 11 is 0. The number of hydrogen-bond donors (Lipinski definition) is 2. The van der Waals surface area contributed by atoms with Crippen LogP contribution < -0.4 is 10.6 Å². The second kappa shape index (κ2) is 11.1. The van der Waals surface area contributed by atoms with Crippen LogP contribution in [0.3, 0.4) is 0 Å². The maximum absolute atomic E-state index is 4.77. The van der Waals surface area contributed by atoms with Crippen molar-refractivity contribution in [2.24, 2.45) is 12.0 Å². The fraction of sp³-hybridized carbons (Fsp3) is 0.522. The molecular weight excluding hydrogens is 501 g/mol. The predicted octanol–water partition coefficient (Wildman–Crippen LogP) is 3.16. The van der Waals surface area contributed by atoms with Gasteiger partial charge >= 0.3 is 0 Å². The highest BCUT2D eigenvalue weighted by atomic mass is 127. The van der Waals surface area contributed by atoms with Crippen molar-refractivity contribution in [3.63, 3.8) is 0 Å². The molecule has 0 saturated carbocycles. The van der Waals surface area contributed by atoms with Gasteiger partial charge in [0.1, 0.15) is 12.4 Å². The number of fused-ring (bicyclic) bond motifs is 2. The van der Waals surface area contributed by atoms with Crippen molar-refractivity contribution in [1.29, 1.82) is 0 Å². The molecule has 0 aliphatic carbocycles. The molecule has 1 aromatic heterocycles. The van der Waals surface area contributed by atoms with Crippen LogP contribution in [0.1, 0.15) is 42.9 Å². The fourth-order valence-corrected chi connectivity index (χ4v) is 4.70. The Bertz CT molecular complexity index is 865. The minimum atomic E-state index is 0. The van der Waals surface area contributed by atoms with Crippen LogP contribution in [0.4, 0.5) is 0 Å². The molecule has 3 heterocycles. The Kier molecular flexibility index (Phi) is 8.48. The summed E-state index contributed by atoms with van der Waals surface area (Å²) in [7, 11) is 1.98. The van der Waals surface area contributed by atoms with E-state index in [-0.39, 0.29) is 24.0 Å². The van der Waals surface area contributed by atoms with Gasteiger partial charge in [-0.3, -0.25) is 4.90 Å². The summed E-state index contributed by atoms with van der Waals surface area (Å²) in [5, 5.41) is 15.4. The Labute approximate surface area is 202 Å². The first-order valence-electron chi connectivity index (χ1n) is 10.9. The number of aryl methyl sites for hydroxylation is 1. The number of benzene rings is 1. The lowest BCUT2D eigenvalue weighted by molar-refractivity contribution is 0.114. The van der Waals surface area contributed by atoms with Crippen LogP contribution in [0.25, 0.3) is 0 Å².